The van der Waals surface area contributed by atoms with Crippen LogP contribution in [0.5, 0.6) is 0 Å². The van der Waals surface area contributed by atoms with Crippen LogP contribution in [0.25, 0.3) is 49.0 Å². The van der Waals surface area contributed by atoms with Gasteiger partial charge in [-0.1, -0.05) is 103 Å². The minimum atomic E-state index is -0.0174. The van der Waals surface area contributed by atoms with Gasteiger partial charge in [0, 0.05) is 20.1 Å². The van der Waals surface area contributed by atoms with Crippen LogP contribution in [-0.2, 0) is 10.8 Å². The highest BCUT2D eigenvalue weighted by Gasteiger charge is 2.27. The van der Waals surface area contributed by atoms with Crippen LogP contribution in [0, 0.1) is 0 Å². The Morgan fingerprint density at radius 2 is 1.18 bits per heavy atom. The molecule has 5 aromatic rings. The molecule has 0 bridgehead atoms. The van der Waals surface area contributed by atoms with Gasteiger partial charge in [0.15, 0.2) is 0 Å². The summed E-state index contributed by atoms with van der Waals surface area (Å²) in [4.78, 5) is 0. The molecule has 0 atom stereocenters. The highest BCUT2D eigenvalue weighted by atomic mass is 79.9. The van der Waals surface area contributed by atoms with Crippen molar-refractivity contribution in [2.75, 3.05) is 0 Å². The zero-order valence-corrected chi connectivity index (χ0v) is 26.3. The summed E-state index contributed by atoms with van der Waals surface area (Å²) in [5.41, 5.74) is 7.25. The fourth-order valence-corrected chi connectivity index (χ4v) is 7.00. The van der Waals surface area contributed by atoms with Crippen molar-refractivity contribution in [1.82, 2.24) is 0 Å². The van der Waals surface area contributed by atoms with E-state index in [1.165, 1.54) is 54.6 Å². The molecule has 0 unspecified atom stereocenters. The van der Waals surface area contributed by atoms with Crippen molar-refractivity contribution < 1.29 is 0 Å². The first-order valence-electron chi connectivity index (χ1n) is 13.1. The predicted molar refractivity (Wildman–Crippen MR) is 177 cm³/mol. The maximum Gasteiger partial charge on any atom is 0.0338 e. The number of allylic oxidation sites excluding steroid dienone is 4. The molecule has 0 aliphatic carbocycles. The van der Waals surface area contributed by atoms with E-state index >= 15 is 0 Å². The second-order valence-electron chi connectivity index (χ2n) is 12.2. The van der Waals surface area contributed by atoms with Gasteiger partial charge in [0.2, 0.25) is 0 Å². The van der Waals surface area contributed by atoms with Crippen LogP contribution in [0.1, 0.15) is 58.2 Å². The molecule has 0 amide bonds. The molecule has 5 aromatic carbocycles. The summed E-state index contributed by atoms with van der Waals surface area (Å²) in [5.74, 6) is 0. The van der Waals surface area contributed by atoms with E-state index in [1.54, 1.807) is 0 Å². The first kappa shape index (κ1) is 26.9. The molecule has 2 heteroatoms. The van der Waals surface area contributed by atoms with Gasteiger partial charge in [0.1, 0.15) is 0 Å². The Morgan fingerprint density at radius 1 is 0.684 bits per heavy atom. The van der Waals surface area contributed by atoms with Crippen molar-refractivity contribution in [2.24, 2.45) is 0 Å². The first-order chi connectivity index (χ1) is 17.9. The van der Waals surface area contributed by atoms with Crippen molar-refractivity contribution in [3.8, 4) is 11.1 Å². The smallest absolute Gasteiger partial charge is 0.0338 e. The third-order valence-corrected chi connectivity index (χ3v) is 9.23. The Morgan fingerprint density at radius 3 is 1.71 bits per heavy atom. The number of rotatable bonds is 4. The molecule has 0 N–H and O–H groups in total. The van der Waals surface area contributed by atoms with Gasteiger partial charge in [0.25, 0.3) is 0 Å². The molecule has 38 heavy (non-hydrogen) atoms. The molecule has 0 aliphatic heterocycles. The zero-order chi connectivity index (χ0) is 27.6. The van der Waals surface area contributed by atoms with E-state index in [4.69, 9.17) is 0 Å². The SMILES string of the molecule is C=C/C=C(\C=C)c1c(Br)c2cc(C(C)(C)C)cc3c(-c4ccccc4)c(Br)c4cc(C(C)(C)C)cc1c4c23. The van der Waals surface area contributed by atoms with Gasteiger partial charge in [-0.25, -0.2) is 0 Å². The van der Waals surface area contributed by atoms with Crippen LogP contribution in [0.3, 0.4) is 0 Å². The summed E-state index contributed by atoms with van der Waals surface area (Å²) in [5, 5.41) is 7.54. The molecular formula is C36H34Br2. The molecule has 5 rings (SSSR count). The molecule has 0 aliphatic rings. The lowest BCUT2D eigenvalue weighted by Crippen LogP contribution is -2.12. The van der Waals surface area contributed by atoms with E-state index in [0.717, 1.165) is 20.1 Å². The third kappa shape index (κ3) is 4.27. The molecule has 0 spiro atoms. The lowest BCUT2D eigenvalue weighted by atomic mass is 9.78. The van der Waals surface area contributed by atoms with Crippen LogP contribution in [0.4, 0.5) is 0 Å². The summed E-state index contributed by atoms with van der Waals surface area (Å²) in [6, 6.07) is 20.3. The van der Waals surface area contributed by atoms with Crippen molar-refractivity contribution >= 4 is 69.8 Å². The van der Waals surface area contributed by atoms with Gasteiger partial charge in [-0.3, -0.25) is 0 Å². The minimum Gasteiger partial charge on any atom is -0.0990 e. The van der Waals surface area contributed by atoms with Gasteiger partial charge >= 0.3 is 0 Å². The molecule has 192 valence electrons. The standard InChI is InChI=1S/C36H34Br2/c1-9-14-21(10-2)29-25-17-23(35(3,4)5)20-28-31(25)32-26(30(34(28)38)22-15-12-11-13-16-22)18-24(36(6,7)8)19-27(32)33(29)37/h9-20H,1-2H2,3-8H3/b21-14+. The van der Waals surface area contributed by atoms with Crippen LogP contribution in [-0.4, -0.2) is 0 Å². The molecule has 0 aromatic heterocycles. The third-order valence-electron chi connectivity index (χ3n) is 7.58. The quantitative estimate of drug-likeness (QED) is 0.138. The maximum absolute atomic E-state index is 4.18. The summed E-state index contributed by atoms with van der Waals surface area (Å²) in [6.45, 7) is 21.9. The minimum absolute atomic E-state index is 0.0118. The Hall–Kier alpha value is -2.68. The van der Waals surface area contributed by atoms with Gasteiger partial charge in [0.05, 0.1) is 0 Å². The molecule has 0 fully saturated rings. The summed E-state index contributed by atoms with van der Waals surface area (Å²) < 4.78 is 2.24. The van der Waals surface area contributed by atoms with Crippen LogP contribution in [0.15, 0.2) is 94.9 Å². The van der Waals surface area contributed by atoms with Crippen LogP contribution in [0.2, 0.25) is 0 Å². The van der Waals surface area contributed by atoms with E-state index in [1.807, 2.05) is 12.2 Å². The Balaban J connectivity index is 2.17. The van der Waals surface area contributed by atoms with E-state index in [-0.39, 0.29) is 10.8 Å². The predicted octanol–water partition coefficient (Wildman–Crippen LogP) is 12.1. The van der Waals surface area contributed by atoms with E-state index in [0.29, 0.717) is 0 Å². The lowest BCUT2D eigenvalue weighted by molar-refractivity contribution is 0.591. The first-order valence-corrected chi connectivity index (χ1v) is 14.7. The number of benzene rings is 5. The Labute approximate surface area is 243 Å². The average molecular weight is 626 g/mol. The molecular weight excluding hydrogens is 592 g/mol. The largest absolute Gasteiger partial charge is 0.0990 e. The van der Waals surface area contributed by atoms with E-state index < -0.39 is 0 Å². The summed E-state index contributed by atoms with van der Waals surface area (Å²) in [6.07, 6.45) is 5.85. The molecule has 0 saturated carbocycles. The molecule has 0 heterocycles. The number of halogens is 2. The van der Waals surface area contributed by atoms with Gasteiger partial charge in [-0.15, -0.1) is 0 Å². The zero-order valence-electron chi connectivity index (χ0n) is 23.1. The Kier molecular flexibility index (Phi) is 6.73. The average Bonchev–Trinajstić information content (AvgIpc) is 2.86. The van der Waals surface area contributed by atoms with Gasteiger partial charge < -0.3 is 0 Å². The topological polar surface area (TPSA) is 0 Å². The van der Waals surface area contributed by atoms with Crippen molar-refractivity contribution in [2.45, 2.75) is 52.4 Å². The number of hydrogen-bond acceptors (Lipinski definition) is 0. The van der Waals surface area contributed by atoms with E-state index in [2.05, 4.69) is 147 Å². The van der Waals surface area contributed by atoms with Gasteiger partial charge in [-0.05, 0) is 122 Å². The highest BCUT2D eigenvalue weighted by Crippen LogP contribution is 2.52. The van der Waals surface area contributed by atoms with Crippen molar-refractivity contribution in [3.05, 3.63) is 112 Å². The Bertz CT molecular complexity index is 1750. The fourth-order valence-electron chi connectivity index (χ4n) is 5.48. The maximum atomic E-state index is 4.18. The van der Waals surface area contributed by atoms with Crippen LogP contribution >= 0.6 is 31.9 Å². The summed E-state index contributed by atoms with van der Waals surface area (Å²) in [7, 11) is 0. The second-order valence-corrected chi connectivity index (χ2v) is 13.8. The van der Waals surface area contributed by atoms with Crippen LogP contribution < -0.4 is 0 Å². The molecule has 0 nitrogen and oxygen atoms in total. The lowest BCUT2D eigenvalue weighted by Gasteiger charge is -2.28. The van der Waals surface area contributed by atoms with E-state index in [9.17, 15) is 0 Å². The summed E-state index contributed by atoms with van der Waals surface area (Å²) >= 11 is 8.25. The molecule has 0 saturated heterocycles. The van der Waals surface area contributed by atoms with Crippen molar-refractivity contribution in [3.63, 3.8) is 0 Å². The highest BCUT2D eigenvalue weighted by molar-refractivity contribution is 9.11. The number of hydrogen-bond donors (Lipinski definition) is 0. The normalized spacial score (nSPS) is 13.1. The second kappa shape index (κ2) is 9.50. The van der Waals surface area contributed by atoms with Crippen molar-refractivity contribution in [1.29, 1.82) is 0 Å². The monoisotopic (exact) mass is 624 g/mol. The fraction of sp³-hybridized carbons (Fsp3) is 0.222. The molecule has 0 radical (unpaired) electrons. The van der Waals surface area contributed by atoms with Gasteiger partial charge in [-0.2, -0.15) is 0 Å².